The number of fused-ring (bicyclic) bond motifs is 1. The number of aryl methyl sites for hydroxylation is 1. The fourth-order valence-electron chi connectivity index (χ4n) is 2.12. The molecule has 2 rings (SSSR count). The van der Waals surface area contributed by atoms with Gasteiger partial charge in [-0.15, -0.1) is 11.6 Å². The summed E-state index contributed by atoms with van der Waals surface area (Å²) in [6, 6.07) is 7.79. The molecule has 1 heterocycles. The minimum absolute atomic E-state index is 0.176. The van der Waals surface area contributed by atoms with Gasteiger partial charge in [-0.05, 0) is 25.5 Å². The lowest BCUT2D eigenvalue weighted by Gasteiger charge is -2.10. The van der Waals surface area contributed by atoms with E-state index in [0.29, 0.717) is 13.0 Å². The molecule has 1 atom stereocenters. The lowest BCUT2D eigenvalue weighted by molar-refractivity contribution is 0.590. The molecule has 0 aliphatic carbocycles. The van der Waals surface area contributed by atoms with Crippen LogP contribution < -0.4 is 0 Å². The number of alkyl halides is 1. The molecule has 0 aliphatic heterocycles. The Morgan fingerprint density at radius 1 is 1.37 bits per heavy atom. The number of hydrogen-bond donors (Lipinski definition) is 0. The Morgan fingerprint density at radius 2 is 2.05 bits per heavy atom. The van der Waals surface area contributed by atoms with Crippen LogP contribution in [0.3, 0.4) is 0 Å². The molecule has 104 valence electrons. The zero-order valence-corrected chi connectivity index (χ0v) is 12.6. The van der Waals surface area contributed by atoms with Crippen molar-refractivity contribution >= 4 is 32.5 Å². The molecule has 4 nitrogen and oxygen atoms in total. The summed E-state index contributed by atoms with van der Waals surface area (Å²) < 4.78 is 24.4. The van der Waals surface area contributed by atoms with E-state index in [9.17, 15) is 8.42 Å². The zero-order valence-electron chi connectivity index (χ0n) is 11.0. The van der Waals surface area contributed by atoms with Crippen LogP contribution in [0.2, 0.25) is 0 Å². The second kappa shape index (κ2) is 5.51. The number of para-hydroxylation sites is 2. The van der Waals surface area contributed by atoms with Crippen LogP contribution in [0.4, 0.5) is 0 Å². The average molecular weight is 301 g/mol. The van der Waals surface area contributed by atoms with Gasteiger partial charge in [0.1, 0.15) is 15.7 Å². The van der Waals surface area contributed by atoms with E-state index in [0.717, 1.165) is 16.9 Å². The van der Waals surface area contributed by atoms with Crippen LogP contribution in [0, 0.1) is 0 Å². The van der Waals surface area contributed by atoms with E-state index in [1.165, 1.54) is 6.26 Å². The van der Waals surface area contributed by atoms with Crippen LogP contribution >= 0.6 is 11.6 Å². The molecular formula is C13H17ClN2O2S. The third-order valence-corrected chi connectivity index (χ3v) is 4.16. The van der Waals surface area contributed by atoms with Gasteiger partial charge in [0.25, 0.3) is 0 Å². The fourth-order valence-corrected chi connectivity index (χ4v) is 2.94. The second-order valence-electron chi connectivity index (χ2n) is 4.71. The van der Waals surface area contributed by atoms with Crippen molar-refractivity contribution in [2.45, 2.75) is 25.3 Å². The Morgan fingerprint density at radius 3 is 2.68 bits per heavy atom. The van der Waals surface area contributed by atoms with Gasteiger partial charge in [0, 0.05) is 12.8 Å². The van der Waals surface area contributed by atoms with E-state index in [1.807, 2.05) is 35.8 Å². The Bertz CT molecular complexity index is 677. The molecule has 19 heavy (non-hydrogen) atoms. The van der Waals surface area contributed by atoms with Crippen LogP contribution in [0.15, 0.2) is 24.3 Å². The molecule has 0 aliphatic rings. The summed E-state index contributed by atoms with van der Waals surface area (Å²) in [6.45, 7) is 2.48. The number of hydrogen-bond acceptors (Lipinski definition) is 3. The number of rotatable bonds is 5. The van der Waals surface area contributed by atoms with Crippen molar-refractivity contribution in [3.05, 3.63) is 30.1 Å². The normalized spacial score (nSPS) is 13.8. The van der Waals surface area contributed by atoms with Gasteiger partial charge in [-0.3, -0.25) is 0 Å². The van der Waals surface area contributed by atoms with E-state index in [2.05, 4.69) is 4.98 Å². The molecule has 1 unspecified atom stereocenters. The van der Waals surface area contributed by atoms with E-state index in [1.54, 1.807) is 0 Å². The number of imidazole rings is 1. The third kappa shape index (κ3) is 3.48. The van der Waals surface area contributed by atoms with Gasteiger partial charge < -0.3 is 4.57 Å². The number of aromatic nitrogens is 2. The number of sulfone groups is 1. The standard InChI is InChI=1S/C13H17ClN2O2S/c1-10(14)13-15-11-6-3-4-7-12(11)16(13)8-5-9-19(2,17)18/h3-4,6-7,10H,5,8-9H2,1-2H3. The highest BCUT2D eigenvalue weighted by atomic mass is 35.5. The predicted molar refractivity (Wildman–Crippen MR) is 78.3 cm³/mol. The summed E-state index contributed by atoms with van der Waals surface area (Å²) in [6.07, 6.45) is 1.82. The molecule has 0 saturated carbocycles. The largest absolute Gasteiger partial charge is 0.327 e. The molecule has 0 radical (unpaired) electrons. The van der Waals surface area contributed by atoms with Gasteiger partial charge in [-0.25, -0.2) is 13.4 Å². The first-order valence-electron chi connectivity index (χ1n) is 6.15. The summed E-state index contributed by atoms with van der Waals surface area (Å²) in [5.41, 5.74) is 1.89. The van der Waals surface area contributed by atoms with Crippen molar-refractivity contribution in [3.63, 3.8) is 0 Å². The van der Waals surface area contributed by atoms with E-state index >= 15 is 0 Å². The lowest BCUT2D eigenvalue weighted by Crippen LogP contribution is -2.10. The SMILES string of the molecule is CC(Cl)c1nc2ccccc2n1CCCS(C)(=O)=O. The third-order valence-electron chi connectivity index (χ3n) is 2.94. The maximum atomic E-state index is 11.2. The Labute approximate surface area is 118 Å². The lowest BCUT2D eigenvalue weighted by atomic mass is 10.3. The molecule has 0 fully saturated rings. The van der Waals surface area contributed by atoms with Crippen molar-refractivity contribution < 1.29 is 8.42 Å². The number of halogens is 1. The molecule has 6 heteroatoms. The summed E-state index contributed by atoms with van der Waals surface area (Å²) in [4.78, 5) is 4.51. The van der Waals surface area contributed by atoms with E-state index < -0.39 is 9.84 Å². The molecule has 2 aromatic rings. The minimum Gasteiger partial charge on any atom is -0.327 e. The van der Waals surface area contributed by atoms with E-state index in [4.69, 9.17) is 11.6 Å². The van der Waals surface area contributed by atoms with Crippen LogP contribution in [-0.4, -0.2) is 30.0 Å². The highest BCUT2D eigenvalue weighted by Gasteiger charge is 2.14. The van der Waals surface area contributed by atoms with Crippen LogP contribution in [0.1, 0.15) is 24.5 Å². The van der Waals surface area contributed by atoms with Gasteiger partial charge in [0.15, 0.2) is 0 Å². The van der Waals surface area contributed by atoms with Crippen molar-refractivity contribution in [2.75, 3.05) is 12.0 Å². The van der Waals surface area contributed by atoms with Gasteiger partial charge in [0.05, 0.1) is 22.2 Å². The Hall–Kier alpha value is -1.07. The van der Waals surface area contributed by atoms with Crippen molar-refractivity contribution in [3.8, 4) is 0 Å². The first-order valence-corrected chi connectivity index (χ1v) is 8.65. The van der Waals surface area contributed by atoms with Gasteiger partial charge in [-0.1, -0.05) is 12.1 Å². The molecule has 1 aromatic carbocycles. The average Bonchev–Trinajstić information content (AvgIpc) is 2.67. The molecular weight excluding hydrogens is 284 g/mol. The number of nitrogens with zero attached hydrogens (tertiary/aromatic N) is 2. The molecule has 0 bridgehead atoms. The second-order valence-corrected chi connectivity index (χ2v) is 7.62. The maximum Gasteiger partial charge on any atom is 0.147 e. The smallest absolute Gasteiger partial charge is 0.147 e. The fraction of sp³-hybridized carbons (Fsp3) is 0.462. The quantitative estimate of drug-likeness (QED) is 0.798. The Balaban J connectivity index is 2.31. The highest BCUT2D eigenvalue weighted by molar-refractivity contribution is 7.90. The summed E-state index contributed by atoms with van der Waals surface area (Å²) in [5.74, 6) is 0.965. The molecule has 0 saturated heterocycles. The van der Waals surface area contributed by atoms with Crippen LogP contribution in [0.5, 0.6) is 0 Å². The summed E-state index contributed by atoms with van der Waals surface area (Å²) >= 11 is 6.15. The zero-order chi connectivity index (χ0) is 14.0. The first-order chi connectivity index (χ1) is 8.88. The van der Waals surface area contributed by atoms with Crippen molar-refractivity contribution in [2.24, 2.45) is 0 Å². The van der Waals surface area contributed by atoms with Gasteiger partial charge in [0.2, 0.25) is 0 Å². The van der Waals surface area contributed by atoms with Gasteiger partial charge >= 0.3 is 0 Å². The van der Waals surface area contributed by atoms with Crippen molar-refractivity contribution in [1.29, 1.82) is 0 Å². The topological polar surface area (TPSA) is 52.0 Å². The van der Waals surface area contributed by atoms with E-state index in [-0.39, 0.29) is 11.1 Å². The first kappa shape index (κ1) is 14.3. The summed E-state index contributed by atoms with van der Waals surface area (Å²) in [7, 11) is -2.93. The molecule has 0 spiro atoms. The monoisotopic (exact) mass is 300 g/mol. The maximum absolute atomic E-state index is 11.2. The van der Waals surface area contributed by atoms with Crippen molar-refractivity contribution in [1.82, 2.24) is 9.55 Å². The Kier molecular flexibility index (Phi) is 4.16. The predicted octanol–water partition coefficient (Wildman–Crippen LogP) is 2.77. The number of benzene rings is 1. The molecule has 0 amide bonds. The minimum atomic E-state index is -2.93. The van der Waals surface area contributed by atoms with Crippen LogP contribution in [-0.2, 0) is 16.4 Å². The molecule has 0 N–H and O–H groups in total. The molecule has 1 aromatic heterocycles. The summed E-state index contributed by atoms with van der Waals surface area (Å²) in [5, 5.41) is -0.203. The van der Waals surface area contributed by atoms with Gasteiger partial charge in [-0.2, -0.15) is 0 Å². The highest BCUT2D eigenvalue weighted by Crippen LogP contribution is 2.24. The van der Waals surface area contributed by atoms with Crippen LogP contribution in [0.25, 0.3) is 11.0 Å².